The van der Waals surface area contributed by atoms with Gasteiger partial charge in [0.2, 0.25) is 0 Å². The molecule has 140 valence electrons. The molecular weight excluding hydrogens is 341 g/mol. The number of rotatable bonds is 5. The Morgan fingerprint density at radius 1 is 1.44 bits per heavy atom. The SMILES string of the molecule is Cc1nccn1CC(C)CNC(=O)N1C[C@@H](C(F)(F)F)[C@H](C(=O)O)C1. The van der Waals surface area contributed by atoms with Gasteiger partial charge in [-0.25, -0.2) is 9.78 Å². The van der Waals surface area contributed by atoms with E-state index in [1.807, 2.05) is 18.4 Å². The van der Waals surface area contributed by atoms with E-state index in [1.165, 1.54) is 0 Å². The van der Waals surface area contributed by atoms with Crippen LogP contribution in [0.3, 0.4) is 0 Å². The van der Waals surface area contributed by atoms with Crippen molar-refractivity contribution in [1.82, 2.24) is 19.8 Å². The van der Waals surface area contributed by atoms with Crippen molar-refractivity contribution in [1.29, 1.82) is 0 Å². The Morgan fingerprint density at radius 3 is 2.60 bits per heavy atom. The van der Waals surface area contributed by atoms with E-state index in [-0.39, 0.29) is 12.5 Å². The summed E-state index contributed by atoms with van der Waals surface area (Å²) in [6.07, 6.45) is -1.18. The van der Waals surface area contributed by atoms with Crippen LogP contribution < -0.4 is 5.32 Å². The van der Waals surface area contributed by atoms with Gasteiger partial charge < -0.3 is 19.9 Å². The van der Waals surface area contributed by atoms with Gasteiger partial charge in [-0.05, 0) is 12.8 Å². The van der Waals surface area contributed by atoms with Gasteiger partial charge in [0, 0.05) is 38.6 Å². The molecule has 2 heterocycles. The molecule has 1 aliphatic heterocycles. The third-order valence-corrected chi connectivity index (χ3v) is 4.38. The van der Waals surface area contributed by atoms with Gasteiger partial charge in [-0.15, -0.1) is 0 Å². The maximum atomic E-state index is 12.9. The molecule has 1 aliphatic rings. The number of carbonyl (C=O) groups excluding carboxylic acids is 1. The molecule has 0 bridgehead atoms. The van der Waals surface area contributed by atoms with Gasteiger partial charge in [0.15, 0.2) is 0 Å². The van der Waals surface area contributed by atoms with Crippen LogP contribution in [0.4, 0.5) is 18.0 Å². The van der Waals surface area contributed by atoms with Crippen molar-refractivity contribution in [3.8, 4) is 0 Å². The first-order valence-corrected chi connectivity index (χ1v) is 7.89. The number of carboxylic acid groups (broad SMARTS) is 1. The van der Waals surface area contributed by atoms with E-state index in [0.29, 0.717) is 6.54 Å². The number of nitrogens with one attached hydrogen (secondary N) is 1. The van der Waals surface area contributed by atoms with Crippen molar-refractivity contribution in [2.24, 2.45) is 17.8 Å². The highest BCUT2D eigenvalue weighted by Crippen LogP contribution is 2.37. The lowest BCUT2D eigenvalue weighted by Crippen LogP contribution is -2.41. The molecular formula is C15H21F3N4O3. The summed E-state index contributed by atoms with van der Waals surface area (Å²) in [7, 11) is 0. The quantitative estimate of drug-likeness (QED) is 0.835. The molecule has 0 aromatic carbocycles. The molecule has 1 fully saturated rings. The summed E-state index contributed by atoms with van der Waals surface area (Å²) in [6.45, 7) is 3.53. The van der Waals surface area contributed by atoms with E-state index in [0.717, 1.165) is 10.7 Å². The largest absolute Gasteiger partial charge is 0.481 e. The first-order valence-electron chi connectivity index (χ1n) is 7.89. The van der Waals surface area contributed by atoms with Crippen LogP contribution in [0.15, 0.2) is 12.4 Å². The second-order valence-corrected chi connectivity index (χ2v) is 6.42. The van der Waals surface area contributed by atoms with Gasteiger partial charge in [0.25, 0.3) is 0 Å². The Labute approximate surface area is 142 Å². The molecule has 2 amide bonds. The van der Waals surface area contributed by atoms with Crippen LogP contribution in [-0.2, 0) is 11.3 Å². The number of halogens is 3. The normalized spacial score (nSPS) is 22.0. The number of nitrogens with zero attached hydrogens (tertiary/aromatic N) is 3. The molecule has 3 atom stereocenters. The fourth-order valence-electron chi connectivity index (χ4n) is 2.92. The van der Waals surface area contributed by atoms with Crippen molar-refractivity contribution >= 4 is 12.0 Å². The number of carboxylic acids is 1. The Bertz CT molecular complexity index is 632. The van der Waals surface area contributed by atoms with Gasteiger partial charge in [0.05, 0.1) is 11.8 Å². The molecule has 0 saturated carbocycles. The summed E-state index contributed by atoms with van der Waals surface area (Å²) < 4.78 is 40.7. The highest BCUT2D eigenvalue weighted by Gasteiger charge is 2.53. The Kier molecular flexibility index (Phi) is 5.58. The van der Waals surface area contributed by atoms with Crippen LogP contribution in [0.1, 0.15) is 12.7 Å². The van der Waals surface area contributed by atoms with Crippen molar-refractivity contribution in [2.45, 2.75) is 26.6 Å². The lowest BCUT2D eigenvalue weighted by molar-refractivity contribution is -0.187. The van der Waals surface area contributed by atoms with E-state index < -0.39 is 43.1 Å². The maximum absolute atomic E-state index is 12.9. The monoisotopic (exact) mass is 362 g/mol. The number of carbonyl (C=O) groups is 2. The lowest BCUT2D eigenvalue weighted by Gasteiger charge is -2.20. The van der Waals surface area contributed by atoms with E-state index in [2.05, 4.69) is 10.3 Å². The molecule has 2 rings (SSSR count). The van der Waals surface area contributed by atoms with Crippen LogP contribution in [0.5, 0.6) is 0 Å². The number of amides is 2. The molecule has 1 aromatic rings. The minimum atomic E-state index is -4.65. The number of likely N-dealkylation sites (tertiary alicyclic amines) is 1. The average molecular weight is 362 g/mol. The number of aryl methyl sites for hydroxylation is 1. The van der Waals surface area contributed by atoms with Gasteiger partial charge in [-0.1, -0.05) is 6.92 Å². The Hall–Kier alpha value is -2.26. The number of imidazole rings is 1. The molecule has 7 nitrogen and oxygen atoms in total. The average Bonchev–Trinajstić information content (AvgIpc) is 3.11. The molecule has 10 heteroatoms. The third kappa shape index (κ3) is 4.64. The number of aliphatic carboxylic acids is 1. The van der Waals surface area contributed by atoms with E-state index in [4.69, 9.17) is 5.11 Å². The van der Waals surface area contributed by atoms with Crippen molar-refractivity contribution in [2.75, 3.05) is 19.6 Å². The molecule has 1 aromatic heterocycles. The Balaban J connectivity index is 1.88. The smallest absolute Gasteiger partial charge is 0.394 e. The Morgan fingerprint density at radius 2 is 2.12 bits per heavy atom. The van der Waals surface area contributed by atoms with Crippen molar-refractivity contribution in [3.63, 3.8) is 0 Å². The number of urea groups is 1. The molecule has 0 spiro atoms. The van der Waals surface area contributed by atoms with Gasteiger partial charge in [-0.3, -0.25) is 4.79 Å². The lowest BCUT2D eigenvalue weighted by atomic mass is 9.96. The van der Waals surface area contributed by atoms with E-state index in [1.54, 1.807) is 12.4 Å². The molecule has 0 radical (unpaired) electrons. The summed E-state index contributed by atoms with van der Waals surface area (Å²) in [6, 6.07) is -0.674. The minimum absolute atomic E-state index is 0.0353. The second kappa shape index (κ2) is 7.32. The molecule has 1 unspecified atom stereocenters. The summed E-state index contributed by atoms with van der Waals surface area (Å²) in [4.78, 5) is 28.1. The number of hydrogen-bond donors (Lipinski definition) is 2. The maximum Gasteiger partial charge on any atom is 0.394 e. The van der Waals surface area contributed by atoms with Gasteiger partial charge in [0.1, 0.15) is 5.82 Å². The fraction of sp³-hybridized carbons (Fsp3) is 0.667. The highest BCUT2D eigenvalue weighted by molar-refractivity contribution is 5.77. The zero-order chi connectivity index (χ0) is 18.8. The van der Waals surface area contributed by atoms with Crippen LogP contribution in [0.25, 0.3) is 0 Å². The number of aromatic nitrogens is 2. The third-order valence-electron chi connectivity index (χ3n) is 4.38. The molecule has 2 N–H and O–H groups in total. The van der Waals surface area contributed by atoms with Crippen LogP contribution in [0, 0.1) is 24.7 Å². The van der Waals surface area contributed by atoms with Gasteiger partial charge >= 0.3 is 18.2 Å². The van der Waals surface area contributed by atoms with Gasteiger partial charge in [-0.2, -0.15) is 13.2 Å². The summed E-state index contributed by atoms with van der Waals surface area (Å²) in [5, 5.41) is 11.5. The number of hydrogen-bond acceptors (Lipinski definition) is 3. The van der Waals surface area contributed by atoms with Crippen LogP contribution in [-0.4, -0.2) is 57.4 Å². The predicted octanol–water partition coefficient (Wildman–Crippen LogP) is 1.73. The molecule has 25 heavy (non-hydrogen) atoms. The first-order chi connectivity index (χ1) is 11.6. The summed E-state index contributed by atoms with van der Waals surface area (Å²) in [5.41, 5.74) is 0. The van der Waals surface area contributed by atoms with Crippen molar-refractivity contribution < 1.29 is 27.9 Å². The first kappa shape index (κ1) is 19.1. The van der Waals surface area contributed by atoms with Crippen LogP contribution in [0.2, 0.25) is 0 Å². The number of alkyl halides is 3. The van der Waals surface area contributed by atoms with E-state index in [9.17, 15) is 22.8 Å². The highest BCUT2D eigenvalue weighted by atomic mass is 19.4. The zero-order valence-electron chi connectivity index (χ0n) is 14.0. The second-order valence-electron chi connectivity index (χ2n) is 6.42. The summed E-state index contributed by atoms with van der Waals surface area (Å²) in [5.74, 6) is -4.34. The molecule has 0 aliphatic carbocycles. The summed E-state index contributed by atoms with van der Waals surface area (Å²) >= 11 is 0. The van der Waals surface area contributed by atoms with Crippen LogP contribution >= 0.6 is 0 Å². The standard InChI is InChI=1S/C15H21F3N4O3/c1-9(6-21-4-3-19-10(21)2)5-20-14(25)22-7-11(13(23)24)12(8-22)15(16,17)18/h3-4,9,11-12H,5-8H2,1-2H3,(H,20,25)(H,23,24)/t9?,11-,12-/m1/s1. The topological polar surface area (TPSA) is 87.5 Å². The van der Waals surface area contributed by atoms with Crippen molar-refractivity contribution in [3.05, 3.63) is 18.2 Å². The fourth-order valence-corrected chi connectivity index (χ4v) is 2.92. The minimum Gasteiger partial charge on any atom is -0.481 e. The predicted molar refractivity (Wildman–Crippen MR) is 81.8 cm³/mol. The van der Waals surface area contributed by atoms with E-state index >= 15 is 0 Å². The zero-order valence-corrected chi connectivity index (χ0v) is 14.0. The molecule has 1 saturated heterocycles.